The lowest BCUT2D eigenvalue weighted by Gasteiger charge is -2.15. The average molecular weight is 375 g/mol. The van der Waals surface area contributed by atoms with Gasteiger partial charge in [0.05, 0.1) is 15.2 Å². The van der Waals surface area contributed by atoms with Crippen molar-refractivity contribution in [2.75, 3.05) is 18.5 Å². The summed E-state index contributed by atoms with van der Waals surface area (Å²) in [6, 6.07) is 11.1. The van der Waals surface area contributed by atoms with Crippen LogP contribution in [0.15, 0.2) is 46.9 Å². The highest BCUT2D eigenvalue weighted by Gasteiger charge is 2.08. The standard InChI is InChI=1S/C15H14BrClFNO2/c16-15-13(17)2-1-3-14(15)19-8-11(20)9-21-12-6-4-10(18)5-7-12/h1-7,11,19-20H,8-9H2. The number of aliphatic hydroxyl groups is 1. The summed E-state index contributed by atoms with van der Waals surface area (Å²) >= 11 is 9.35. The second kappa shape index (κ2) is 7.64. The van der Waals surface area contributed by atoms with Crippen molar-refractivity contribution in [2.24, 2.45) is 0 Å². The van der Waals surface area contributed by atoms with Gasteiger partial charge in [0.25, 0.3) is 0 Å². The molecule has 0 aliphatic heterocycles. The van der Waals surface area contributed by atoms with E-state index in [1.165, 1.54) is 24.3 Å². The lowest BCUT2D eigenvalue weighted by atomic mass is 10.3. The number of halogens is 3. The maximum absolute atomic E-state index is 12.7. The van der Waals surface area contributed by atoms with E-state index in [0.29, 0.717) is 17.3 Å². The van der Waals surface area contributed by atoms with E-state index in [2.05, 4.69) is 21.2 Å². The van der Waals surface area contributed by atoms with Gasteiger partial charge in [-0.05, 0) is 52.3 Å². The van der Waals surface area contributed by atoms with Gasteiger partial charge in [0, 0.05) is 6.54 Å². The van der Waals surface area contributed by atoms with Crippen LogP contribution >= 0.6 is 27.5 Å². The molecule has 0 heterocycles. The van der Waals surface area contributed by atoms with Crippen LogP contribution in [-0.2, 0) is 0 Å². The predicted molar refractivity (Wildman–Crippen MR) is 85.5 cm³/mol. The first-order valence-electron chi connectivity index (χ1n) is 6.30. The zero-order valence-corrected chi connectivity index (χ0v) is 13.4. The van der Waals surface area contributed by atoms with Crippen LogP contribution in [0.3, 0.4) is 0 Å². The van der Waals surface area contributed by atoms with Gasteiger partial charge in [-0.25, -0.2) is 4.39 Å². The average Bonchev–Trinajstić information content (AvgIpc) is 2.48. The fourth-order valence-corrected chi connectivity index (χ4v) is 2.23. The zero-order chi connectivity index (χ0) is 15.2. The van der Waals surface area contributed by atoms with E-state index in [0.717, 1.165) is 10.2 Å². The van der Waals surface area contributed by atoms with E-state index in [-0.39, 0.29) is 12.4 Å². The summed E-state index contributed by atoms with van der Waals surface area (Å²) in [6.07, 6.45) is -0.707. The molecule has 3 nitrogen and oxygen atoms in total. The van der Waals surface area contributed by atoms with Gasteiger partial charge in [0.2, 0.25) is 0 Å². The Bertz CT molecular complexity index is 595. The molecule has 21 heavy (non-hydrogen) atoms. The van der Waals surface area contributed by atoms with E-state index >= 15 is 0 Å². The first kappa shape index (κ1) is 16.1. The summed E-state index contributed by atoms with van der Waals surface area (Å²) in [4.78, 5) is 0. The summed E-state index contributed by atoms with van der Waals surface area (Å²) in [5, 5.41) is 13.5. The van der Waals surface area contributed by atoms with Crippen LogP contribution in [0, 0.1) is 5.82 Å². The van der Waals surface area contributed by atoms with Gasteiger partial charge >= 0.3 is 0 Å². The molecule has 0 saturated carbocycles. The Morgan fingerprint density at radius 2 is 1.95 bits per heavy atom. The highest BCUT2D eigenvalue weighted by molar-refractivity contribution is 9.10. The second-order valence-corrected chi connectivity index (χ2v) is 5.60. The van der Waals surface area contributed by atoms with Crippen LogP contribution in [0.25, 0.3) is 0 Å². The number of hydrogen-bond acceptors (Lipinski definition) is 3. The van der Waals surface area contributed by atoms with Crippen molar-refractivity contribution < 1.29 is 14.2 Å². The highest BCUT2D eigenvalue weighted by atomic mass is 79.9. The topological polar surface area (TPSA) is 41.5 Å². The monoisotopic (exact) mass is 373 g/mol. The lowest BCUT2D eigenvalue weighted by molar-refractivity contribution is 0.117. The summed E-state index contributed by atoms with van der Waals surface area (Å²) in [5.74, 6) is 0.190. The minimum absolute atomic E-state index is 0.108. The lowest BCUT2D eigenvalue weighted by Crippen LogP contribution is -2.26. The zero-order valence-electron chi connectivity index (χ0n) is 11.0. The molecule has 2 aromatic carbocycles. The molecule has 0 amide bonds. The van der Waals surface area contributed by atoms with Gasteiger partial charge in [-0.1, -0.05) is 17.7 Å². The van der Waals surface area contributed by atoms with Gasteiger partial charge in [0.1, 0.15) is 24.3 Å². The van der Waals surface area contributed by atoms with Crippen molar-refractivity contribution in [1.82, 2.24) is 0 Å². The van der Waals surface area contributed by atoms with Gasteiger partial charge < -0.3 is 15.2 Å². The third kappa shape index (κ3) is 4.88. The molecule has 6 heteroatoms. The number of benzene rings is 2. The quantitative estimate of drug-likeness (QED) is 0.800. The van der Waals surface area contributed by atoms with Crippen LogP contribution in [0.4, 0.5) is 10.1 Å². The molecular weight excluding hydrogens is 361 g/mol. The number of rotatable bonds is 6. The Morgan fingerprint density at radius 1 is 1.24 bits per heavy atom. The van der Waals surface area contributed by atoms with Crippen LogP contribution in [0.1, 0.15) is 0 Å². The van der Waals surface area contributed by atoms with Crippen molar-refractivity contribution in [2.45, 2.75) is 6.10 Å². The molecule has 1 unspecified atom stereocenters. The fraction of sp³-hybridized carbons (Fsp3) is 0.200. The van der Waals surface area contributed by atoms with Gasteiger partial charge in [-0.3, -0.25) is 0 Å². The van der Waals surface area contributed by atoms with E-state index in [9.17, 15) is 9.50 Å². The smallest absolute Gasteiger partial charge is 0.123 e. The molecule has 0 saturated heterocycles. The number of aliphatic hydroxyl groups excluding tert-OH is 1. The Kier molecular flexibility index (Phi) is 5.85. The minimum Gasteiger partial charge on any atom is -0.491 e. The van der Waals surface area contributed by atoms with Crippen molar-refractivity contribution in [3.05, 3.63) is 57.8 Å². The maximum Gasteiger partial charge on any atom is 0.123 e. The van der Waals surface area contributed by atoms with E-state index in [1.54, 1.807) is 6.07 Å². The summed E-state index contributed by atoms with van der Waals surface area (Å²) in [7, 11) is 0. The molecule has 0 fully saturated rings. The molecule has 0 bridgehead atoms. The highest BCUT2D eigenvalue weighted by Crippen LogP contribution is 2.29. The van der Waals surface area contributed by atoms with Crippen LogP contribution < -0.4 is 10.1 Å². The second-order valence-electron chi connectivity index (χ2n) is 4.40. The number of anilines is 1. The normalized spacial score (nSPS) is 12.0. The minimum atomic E-state index is -0.707. The molecule has 2 N–H and O–H groups in total. The largest absolute Gasteiger partial charge is 0.491 e. The third-order valence-electron chi connectivity index (χ3n) is 2.74. The van der Waals surface area contributed by atoms with Gasteiger partial charge in [-0.15, -0.1) is 0 Å². The molecule has 0 aliphatic carbocycles. The summed E-state index contributed by atoms with van der Waals surface area (Å²) in [5.41, 5.74) is 0.795. The molecule has 0 aliphatic rings. The number of ether oxygens (including phenoxy) is 1. The van der Waals surface area contributed by atoms with Crippen LogP contribution in [0.5, 0.6) is 5.75 Å². The van der Waals surface area contributed by atoms with Crippen molar-refractivity contribution in [3.8, 4) is 5.75 Å². The molecule has 1 atom stereocenters. The van der Waals surface area contributed by atoms with Gasteiger partial charge in [0.15, 0.2) is 0 Å². The molecule has 112 valence electrons. The predicted octanol–water partition coefficient (Wildman–Crippen LogP) is 4.09. The van der Waals surface area contributed by atoms with E-state index < -0.39 is 6.10 Å². The first-order chi connectivity index (χ1) is 10.1. The summed E-state index contributed by atoms with van der Waals surface area (Å²) < 4.78 is 18.9. The maximum atomic E-state index is 12.7. The number of nitrogens with one attached hydrogen (secondary N) is 1. The Hall–Kier alpha value is -1.30. The molecule has 2 rings (SSSR count). The SMILES string of the molecule is OC(CNc1cccc(Cl)c1Br)COc1ccc(F)cc1. The van der Waals surface area contributed by atoms with Crippen LogP contribution in [0.2, 0.25) is 5.02 Å². The van der Waals surface area contributed by atoms with Gasteiger partial charge in [-0.2, -0.15) is 0 Å². The summed E-state index contributed by atoms with van der Waals surface area (Å²) in [6.45, 7) is 0.414. The Balaban J connectivity index is 1.80. The molecule has 2 aromatic rings. The Labute approximate surface area is 135 Å². The first-order valence-corrected chi connectivity index (χ1v) is 7.47. The fourth-order valence-electron chi connectivity index (χ4n) is 1.65. The molecule has 0 spiro atoms. The number of hydrogen-bond donors (Lipinski definition) is 2. The van der Waals surface area contributed by atoms with Crippen molar-refractivity contribution >= 4 is 33.2 Å². The molecule has 0 aromatic heterocycles. The molecular formula is C15H14BrClFNO2. The van der Waals surface area contributed by atoms with Crippen LogP contribution in [-0.4, -0.2) is 24.4 Å². The van der Waals surface area contributed by atoms with Crippen molar-refractivity contribution in [1.29, 1.82) is 0 Å². The van der Waals surface area contributed by atoms with Crippen molar-refractivity contribution in [3.63, 3.8) is 0 Å². The van der Waals surface area contributed by atoms with E-state index in [4.69, 9.17) is 16.3 Å². The molecule has 0 radical (unpaired) electrons. The Morgan fingerprint density at radius 3 is 2.67 bits per heavy atom. The van der Waals surface area contributed by atoms with E-state index in [1.807, 2.05) is 12.1 Å². The third-order valence-corrected chi connectivity index (χ3v) is 4.13.